The molecule has 0 fully saturated rings. The van der Waals surface area contributed by atoms with Gasteiger partial charge in [0, 0.05) is 80.7 Å². The van der Waals surface area contributed by atoms with Crippen molar-refractivity contribution in [1.29, 1.82) is 0 Å². The van der Waals surface area contributed by atoms with Crippen LogP contribution in [-0.4, -0.2) is 15.8 Å². The molecule has 4 nitrogen and oxygen atoms in total. The van der Waals surface area contributed by atoms with Gasteiger partial charge in [0.2, 0.25) is 0 Å². The van der Waals surface area contributed by atoms with E-state index in [9.17, 15) is 2.74 Å². The van der Waals surface area contributed by atoms with E-state index in [4.69, 9.17) is 0 Å². The average molecular weight is 1720 g/mol. The number of hydrogen-bond acceptors (Lipinski definition) is 2. The number of anilines is 6. The summed E-state index contributed by atoms with van der Waals surface area (Å²) in [6.07, 6.45) is -0.312. The predicted molar refractivity (Wildman–Crippen MR) is 570 cm³/mol. The molecule has 2 aliphatic rings. The lowest BCUT2D eigenvalue weighted by atomic mass is 9.33. The molecule has 17 rings (SSSR count). The fourth-order valence-corrected chi connectivity index (χ4v) is 20.5. The second-order valence-corrected chi connectivity index (χ2v) is 50.4. The van der Waals surface area contributed by atoms with Gasteiger partial charge in [-0.05, 0) is 288 Å². The highest BCUT2D eigenvalue weighted by Crippen LogP contribution is 2.57. The van der Waals surface area contributed by atoms with Crippen molar-refractivity contribution in [2.75, 3.05) is 9.80 Å². The average Bonchev–Trinajstić information content (AvgIpc) is 0.743. The zero-order chi connectivity index (χ0) is 95.5. The van der Waals surface area contributed by atoms with Gasteiger partial charge in [-0.3, -0.25) is 0 Å². The molecule has 0 saturated carbocycles. The summed E-state index contributed by atoms with van der Waals surface area (Å²) < 4.78 is 27.9. The summed E-state index contributed by atoms with van der Waals surface area (Å²) in [4.78, 5) is 5.39. The van der Waals surface area contributed by atoms with Crippen LogP contribution in [0.1, 0.15) is 292 Å². The number of aromatic nitrogens is 2. The quantitative estimate of drug-likeness (QED) is 0.120. The van der Waals surface area contributed by atoms with Gasteiger partial charge in [0.25, 0.3) is 6.71 Å². The maximum atomic E-state index is 11.4. The molecule has 13 aromatic carbocycles. The molecule has 0 atom stereocenters. The molecule has 2 aliphatic heterocycles. The van der Waals surface area contributed by atoms with Crippen LogP contribution in [-0.2, 0) is 62.5 Å². The monoisotopic (exact) mass is 1720 g/mol. The number of rotatable bonds is 11. The second kappa shape index (κ2) is 31.4. The van der Waals surface area contributed by atoms with Gasteiger partial charge < -0.3 is 18.9 Å². The molecular weight excluding hydrogens is 1570 g/mol. The summed E-state index contributed by atoms with van der Waals surface area (Å²) >= 11 is 0. The molecule has 0 spiro atoms. The molecule has 0 N–H and O–H groups in total. The number of hydrogen-bond donors (Lipinski definition) is 0. The van der Waals surface area contributed by atoms with E-state index < -0.39 is 18.5 Å². The first-order chi connectivity index (χ1) is 61.1. The fourth-order valence-electron chi connectivity index (χ4n) is 20.5. The van der Waals surface area contributed by atoms with Crippen LogP contribution in [0.3, 0.4) is 0 Å². The largest absolute Gasteiger partial charge is 0.310 e. The number of nitrogens with zero attached hydrogens (tertiary/aromatic N) is 4. The van der Waals surface area contributed by atoms with E-state index >= 15 is 0 Å². The Balaban J connectivity index is 1.13. The van der Waals surface area contributed by atoms with E-state index in [1.54, 1.807) is 0 Å². The van der Waals surface area contributed by atoms with E-state index in [-0.39, 0.29) is 54.1 Å². The van der Waals surface area contributed by atoms with Crippen LogP contribution in [0.15, 0.2) is 243 Å². The Labute approximate surface area is 784 Å². The van der Waals surface area contributed by atoms with Crippen molar-refractivity contribution in [3.63, 3.8) is 0 Å². The summed E-state index contributed by atoms with van der Waals surface area (Å²) in [5.74, 6) is 0. The zero-order valence-corrected chi connectivity index (χ0v) is 84.9. The second-order valence-electron chi connectivity index (χ2n) is 50.4. The van der Waals surface area contributed by atoms with Crippen molar-refractivity contribution in [3.8, 4) is 55.9 Å². The van der Waals surface area contributed by atoms with Gasteiger partial charge in [0.05, 0.1) is 33.4 Å². The van der Waals surface area contributed by atoms with Crippen molar-refractivity contribution < 1.29 is 2.74 Å². The van der Waals surface area contributed by atoms with E-state index in [1.807, 2.05) is 0 Å². The van der Waals surface area contributed by atoms with Crippen molar-refractivity contribution in [2.24, 2.45) is 16.2 Å². The van der Waals surface area contributed by atoms with Gasteiger partial charge in [0.15, 0.2) is 0 Å². The van der Waals surface area contributed by atoms with Gasteiger partial charge in [0.1, 0.15) is 0 Å². The van der Waals surface area contributed by atoms with Crippen molar-refractivity contribution >= 4 is 101 Å². The summed E-state index contributed by atoms with van der Waals surface area (Å²) in [6.45, 7) is 76.3. The van der Waals surface area contributed by atoms with Crippen LogP contribution >= 0.6 is 0 Å². The summed E-state index contributed by atoms with van der Waals surface area (Å²) in [7, 11) is 0. The van der Waals surface area contributed by atoms with Gasteiger partial charge in [-0.2, -0.15) is 0 Å². The molecule has 0 amide bonds. The third-order valence-electron chi connectivity index (χ3n) is 27.5. The Hall–Kier alpha value is -10.9. The normalized spacial score (nSPS) is 14.3. The van der Waals surface area contributed by atoms with E-state index in [0.29, 0.717) is 5.56 Å². The Kier molecular flexibility index (Phi) is 21.4. The van der Waals surface area contributed by atoms with Crippen molar-refractivity contribution in [1.82, 2.24) is 9.13 Å². The molecule has 0 radical (unpaired) electrons. The van der Waals surface area contributed by atoms with Crippen LogP contribution in [0.25, 0.3) is 99.5 Å². The molecular formula is C125H145BN4. The highest BCUT2D eigenvalue weighted by atomic mass is 15.2. The molecule has 4 heterocycles. The first kappa shape index (κ1) is 88.4. The molecule has 0 saturated heterocycles. The third-order valence-corrected chi connectivity index (χ3v) is 27.5. The van der Waals surface area contributed by atoms with Gasteiger partial charge in [-0.15, -0.1) is 0 Å². The SMILES string of the molecule is [2H]C([2H])(c1cc2c3c(c1)N(c1c(-c4cccc(C(C)(C)C)c4)cc(CC(C)(C)C)cc1-c1cccc(C(C)(C)C)c1)c1cc(-n4c5ccc(C(C)(C)C)cc5c5cc(C(C)(C)C)ccc54)ccc1B3c1ccc(-n3c4ccc(C(C)(C)C)cc4c4cc(C(C)(C)C)ccc43)cc1N2c1c(-c2cccc(C(C)(C)C)c2)cc(CC(C)(C)C)cc1-c1cccc(C(C)(C)C)c1)C(C)(C)C. The van der Waals surface area contributed by atoms with Crippen LogP contribution in [0.5, 0.6) is 0 Å². The summed E-state index contributed by atoms with van der Waals surface area (Å²) in [5.41, 5.74) is 35.9. The first-order valence-electron chi connectivity index (χ1n) is 49.1. The smallest absolute Gasteiger partial charge is 0.252 e. The highest BCUT2D eigenvalue weighted by Gasteiger charge is 2.47. The Bertz CT molecular complexity index is 6420. The number of fused-ring (bicyclic) bond motifs is 10. The van der Waals surface area contributed by atoms with E-state index in [2.05, 4.69) is 490 Å². The van der Waals surface area contributed by atoms with E-state index in [0.717, 1.165) is 141 Å². The summed E-state index contributed by atoms with van der Waals surface area (Å²) in [6, 6.07) is 96.7. The lowest BCUT2D eigenvalue weighted by Gasteiger charge is -2.46. The Morgan fingerprint density at radius 3 is 0.731 bits per heavy atom. The molecule has 130 heavy (non-hydrogen) atoms. The minimum Gasteiger partial charge on any atom is -0.310 e. The minimum atomic E-state index is -1.95. The maximum absolute atomic E-state index is 11.4. The maximum Gasteiger partial charge on any atom is 0.252 e. The zero-order valence-electron chi connectivity index (χ0n) is 86.9. The molecule has 668 valence electrons. The predicted octanol–water partition coefficient (Wildman–Crippen LogP) is 33.8. The van der Waals surface area contributed by atoms with Crippen LogP contribution < -0.4 is 26.2 Å². The topological polar surface area (TPSA) is 16.3 Å². The lowest BCUT2D eigenvalue weighted by molar-refractivity contribution is 0.411. The number of benzene rings is 13. The van der Waals surface area contributed by atoms with E-state index in [1.165, 1.54) is 77.2 Å². The molecule has 0 aliphatic carbocycles. The van der Waals surface area contributed by atoms with Gasteiger partial charge >= 0.3 is 0 Å². The Morgan fingerprint density at radius 2 is 0.492 bits per heavy atom. The molecule has 0 bridgehead atoms. The lowest BCUT2D eigenvalue weighted by Crippen LogP contribution is -2.61. The van der Waals surface area contributed by atoms with Crippen molar-refractivity contribution in [3.05, 3.63) is 304 Å². The third kappa shape index (κ3) is 17.3. The molecule has 5 heteroatoms. The first-order valence-corrected chi connectivity index (χ1v) is 48.1. The van der Waals surface area contributed by atoms with Crippen molar-refractivity contribution in [2.45, 2.75) is 291 Å². The fraction of sp³-hybridized carbons (Fsp3) is 0.376. The molecule has 15 aromatic rings. The molecule has 2 aromatic heterocycles. The van der Waals surface area contributed by atoms with Crippen LogP contribution in [0, 0.1) is 16.2 Å². The minimum absolute atomic E-state index is 0.0966. The highest BCUT2D eigenvalue weighted by molar-refractivity contribution is 7.00. The van der Waals surface area contributed by atoms with Crippen LogP contribution in [0.2, 0.25) is 0 Å². The molecule has 0 unspecified atom stereocenters. The standard InChI is InChI=1S/C125H145BN4/c1-115(2,3)74-77-58-94(80-38-34-42-84(64-80)118(10,11)12)113(95(59-77)81-39-35-43-85(65-81)119(13,14)15)129-108-72-92(127-104-54-46-88(122(22,23)24)68-98(104)99-69-89(123(25,26)27)47-55-105(99)127)50-52-102(108)126-103-53-51-93(128-106-56-48-90(124(28,29)30)70-100(106)101-71-91(125(31,32)33)49-57-107(101)128)73-109(103)130(111-63-79(76-117(7,8)9)62-110(129)112(111)126)114-96(82-40-36-44-86(66-82)120(16,17)18)60-78(75-116(4,5)6)61-97(114)83-41-37-45-87(67-83)121(19,20)21/h34-73H,74-76H2,1-33H3/i76D2. The van der Waals surface area contributed by atoms with Crippen LogP contribution in [0.4, 0.5) is 34.1 Å². The van der Waals surface area contributed by atoms with Gasteiger partial charge in [-0.25, -0.2) is 0 Å². The summed E-state index contributed by atoms with van der Waals surface area (Å²) in [5, 5.41) is 4.90. The van der Waals surface area contributed by atoms with Gasteiger partial charge in [-0.1, -0.05) is 362 Å². The Morgan fingerprint density at radius 1 is 0.238 bits per heavy atom.